The van der Waals surface area contributed by atoms with Crippen molar-refractivity contribution in [3.8, 4) is 0 Å². The Bertz CT molecular complexity index is 181. The molecule has 1 rings (SSSR count). The average molecular weight is 389 g/mol. The fourth-order valence-electron chi connectivity index (χ4n) is 1.42. The maximum atomic E-state index is 5.48. The summed E-state index contributed by atoms with van der Waals surface area (Å²) in [7, 11) is 0. The van der Waals surface area contributed by atoms with Gasteiger partial charge in [-0.2, -0.15) is 0 Å². The molecule has 1 aliphatic heterocycles. The second kappa shape index (κ2) is 13.5. The van der Waals surface area contributed by atoms with Crippen LogP contribution in [0.1, 0.15) is 0 Å². The first-order chi connectivity index (χ1) is 9.39. The van der Waals surface area contributed by atoms with Gasteiger partial charge < -0.3 is 23.7 Å². The zero-order valence-electron chi connectivity index (χ0n) is 11.4. The van der Waals surface area contributed by atoms with E-state index in [2.05, 4.69) is 26.0 Å². The van der Waals surface area contributed by atoms with Crippen molar-refractivity contribution < 1.29 is 23.7 Å². The number of ether oxygens (including phenoxy) is 5. The summed E-state index contributed by atoms with van der Waals surface area (Å²) in [6.07, 6.45) is 0. The Labute approximate surface area is 129 Å². The van der Waals surface area contributed by atoms with Crippen LogP contribution in [0.4, 0.5) is 0 Å². The van der Waals surface area contributed by atoms with Crippen LogP contribution in [0.3, 0.4) is 0 Å². The van der Waals surface area contributed by atoms with Crippen LogP contribution in [0.2, 0.25) is 0 Å². The fourth-order valence-corrected chi connectivity index (χ4v) is 1.81. The first-order valence-corrected chi connectivity index (χ1v) is 7.65. The Hall–Kier alpha value is 0.490. The molecule has 19 heavy (non-hydrogen) atoms. The van der Waals surface area contributed by atoms with E-state index in [1.54, 1.807) is 0 Å². The Morgan fingerprint density at radius 1 is 0.474 bits per heavy atom. The monoisotopic (exact) mass is 389 g/mol. The molecular weight excluding hydrogens is 365 g/mol. The predicted molar refractivity (Wildman–Crippen MR) is 79.7 cm³/mol. The van der Waals surface area contributed by atoms with Gasteiger partial charge in [-0.3, -0.25) is 0 Å². The highest BCUT2D eigenvalue weighted by molar-refractivity contribution is 14.1. The van der Waals surface area contributed by atoms with E-state index in [9.17, 15) is 0 Å². The van der Waals surface area contributed by atoms with Crippen molar-refractivity contribution >= 4 is 22.9 Å². The summed E-state index contributed by atoms with van der Waals surface area (Å²) in [4.78, 5) is 0. The highest BCUT2D eigenvalue weighted by Crippen LogP contribution is 1.98. The van der Waals surface area contributed by atoms with E-state index in [0.717, 1.165) is 13.1 Å². The lowest BCUT2D eigenvalue weighted by Gasteiger charge is -2.15. The van der Waals surface area contributed by atoms with E-state index in [1.165, 1.54) is 0 Å². The minimum Gasteiger partial charge on any atom is -0.378 e. The summed E-state index contributed by atoms with van der Waals surface area (Å²) in [5.74, 6) is 0. The van der Waals surface area contributed by atoms with Crippen molar-refractivity contribution in [1.82, 2.24) is 3.11 Å². The Kier molecular flexibility index (Phi) is 12.4. The van der Waals surface area contributed by atoms with E-state index in [0.29, 0.717) is 66.1 Å². The van der Waals surface area contributed by atoms with Crippen molar-refractivity contribution in [2.24, 2.45) is 0 Å². The second-order valence-corrected chi connectivity index (χ2v) is 5.34. The molecule has 0 aromatic carbocycles. The number of rotatable bonds is 0. The van der Waals surface area contributed by atoms with Gasteiger partial charge in [0, 0.05) is 36.0 Å². The lowest BCUT2D eigenvalue weighted by Crippen LogP contribution is -2.23. The zero-order chi connectivity index (χ0) is 13.6. The van der Waals surface area contributed by atoms with Crippen LogP contribution in [-0.4, -0.2) is 82.3 Å². The SMILES string of the molecule is IN1CCOCCOCCOCCOCCOCC1. The minimum atomic E-state index is 0.599. The van der Waals surface area contributed by atoms with Crippen LogP contribution in [0.25, 0.3) is 0 Å². The summed E-state index contributed by atoms with van der Waals surface area (Å²) < 4.78 is 29.2. The number of halogens is 1. The normalized spacial score (nSPS) is 24.5. The second-order valence-electron chi connectivity index (χ2n) is 3.97. The molecule has 0 aliphatic carbocycles. The van der Waals surface area contributed by atoms with Gasteiger partial charge in [0.05, 0.1) is 66.1 Å². The van der Waals surface area contributed by atoms with Crippen LogP contribution in [0.5, 0.6) is 0 Å². The molecule has 1 saturated heterocycles. The molecular formula is C12H24INO5. The number of hydrogen-bond donors (Lipinski definition) is 0. The first kappa shape index (κ1) is 17.5. The molecule has 114 valence electrons. The quantitative estimate of drug-likeness (QED) is 0.450. The van der Waals surface area contributed by atoms with Crippen molar-refractivity contribution in [1.29, 1.82) is 0 Å². The van der Waals surface area contributed by atoms with Gasteiger partial charge in [0.1, 0.15) is 0 Å². The van der Waals surface area contributed by atoms with Crippen LogP contribution >= 0.6 is 22.9 Å². The van der Waals surface area contributed by atoms with Crippen LogP contribution < -0.4 is 0 Å². The Balaban J connectivity index is 2.08. The van der Waals surface area contributed by atoms with Gasteiger partial charge in [-0.05, 0) is 0 Å². The minimum absolute atomic E-state index is 0.599. The van der Waals surface area contributed by atoms with Gasteiger partial charge >= 0.3 is 0 Å². The molecule has 0 aromatic heterocycles. The Morgan fingerprint density at radius 3 is 1.05 bits per heavy atom. The highest BCUT2D eigenvalue weighted by Gasteiger charge is 2.01. The topological polar surface area (TPSA) is 49.4 Å². The molecule has 0 radical (unpaired) electrons. The molecule has 0 N–H and O–H groups in total. The summed E-state index contributed by atoms with van der Waals surface area (Å²) in [6, 6.07) is 0. The summed E-state index contributed by atoms with van der Waals surface area (Å²) in [6.45, 7) is 8.10. The molecule has 1 aliphatic rings. The van der Waals surface area contributed by atoms with Crippen molar-refractivity contribution in [2.75, 3.05) is 79.2 Å². The predicted octanol–water partition coefficient (Wildman–Crippen LogP) is 0.735. The molecule has 0 amide bonds. The van der Waals surface area contributed by atoms with Gasteiger partial charge in [-0.15, -0.1) is 0 Å². The Morgan fingerprint density at radius 2 is 0.737 bits per heavy atom. The number of nitrogens with zero attached hydrogens (tertiary/aromatic N) is 1. The van der Waals surface area contributed by atoms with E-state index in [1.807, 2.05) is 0 Å². The standard InChI is InChI=1S/C12H24INO5/c13-14-1-3-15-5-7-17-9-11-19-12-10-18-8-6-16-4-2-14/h1-12H2. The molecule has 0 aromatic rings. The molecule has 6 nitrogen and oxygen atoms in total. The van der Waals surface area contributed by atoms with Gasteiger partial charge in [-0.1, -0.05) is 0 Å². The maximum Gasteiger partial charge on any atom is 0.0701 e. The highest BCUT2D eigenvalue weighted by atomic mass is 127. The summed E-state index contributed by atoms with van der Waals surface area (Å²) in [5, 5.41) is 0. The zero-order valence-corrected chi connectivity index (χ0v) is 13.5. The van der Waals surface area contributed by atoms with Crippen molar-refractivity contribution in [3.63, 3.8) is 0 Å². The molecule has 0 spiro atoms. The van der Waals surface area contributed by atoms with Gasteiger partial charge in [-0.25, -0.2) is 3.11 Å². The fraction of sp³-hybridized carbons (Fsp3) is 1.00. The van der Waals surface area contributed by atoms with E-state index < -0.39 is 0 Å². The third-order valence-electron chi connectivity index (χ3n) is 2.44. The average Bonchev–Trinajstić information content (AvgIpc) is 2.41. The lowest BCUT2D eigenvalue weighted by molar-refractivity contribution is -0.0143. The van der Waals surface area contributed by atoms with Gasteiger partial charge in [0.15, 0.2) is 0 Å². The van der Waals surface area contributed by atoms with E-state index >= 15 is 0 Å². The van der Waals surface area contributed by atoms with Gasteiger partial charge in [0.25, 0.3) is 0 Å². The maximum absolute atomic E-state index is 5.48. The van der Waals surface area contributed by atoms with E-state index in [-0.39, 0.29) is 0 Å². The van der Waals surface area contributed by atoms with Crippen molar-refractivity contribution in [2.45, 2.75) is 0 Å². The molecule has 1 heterocycles. The van der Waals surface area contributed by atoms with Crippen molar-refractivity contribution in [3.05, 3.63) is 0 Å². The molecule has 1 fully saturated rings. The number of hydrogen-bond acceptors (Lipinski definition) is 6. The van der Waals surface area contributed by atoms with Crippen LogP contribution in [-0.2, 0) is 23.7 Å². The van der Waals surface area contributed by atoms with Gasteiger partial charge in [0.2, 0.25) is 0 Å². The largest absolute Gasteiger partial charge is 0.378 e. The first-order valence-electron chi connectivity index (χ1n) is 6.69. The third kappa shape index (κ3) is 12.0. The molecule has 0 bridgehead atoms. The third-order valence-corrected chi connectivity index (χ3v) is 3.41. The summed E-state index contributed by atoms with van der Waals surface area (Å²) in [5.41, 5.74) is 0. The smallest absolute Gasteiger partial charge is 0.0701 e. The van der Waals surface area contributed by atoms with E-state index in [4.69, 9.17) is 23.7 Å². The molecule has 7 heteroatoms. The van der Waals surface area contributed by atoms with Crippen LogP contribution in [0.15, 0.2) is 0 Å². The molecule has 0 saturated carbocycles. The summed E-state index contributed by atoms with van der Waals surface area (Å²) >= 11 is 2.29. The molecule has 0 unspecified atom stereocenters. The lowest BCUT2D eigenvalue weighted by atomic mass is 10.6. The molecule has 0 atom stereocenters. The van der Waals surface area contributed by atoms with Crippen LogP contribution in [0, 0.1) is 0 Å².